The first-order chi connectivity index (χ1) is 15.1. The average Bonchev–Trinajstić information content (AvgIpc) is 2.79. The lowest BCUT2D eigenvalue weighted by Gasteiger charge is -2.16. The third-order valence-electron chi connectivity index (χ3n) is 4.46. The largest absolute Gasteiger partial charge is 0.484 e. The maximum atomic E-state index is 11.5. The maximum Gasteiger partial charge on any atom is 0.257 e. The molecular formula is C24H35IN4O3. The second kappa shape index (κ2) is 16.3. The van der Waals surface area contributed by atoms with Crippen LogP contribution in [0.3, 0.4) is 0 Å². The third kappa shape index (κ3) is 11.3. The number of halogens is 1. The van der Waals surface area contributed by atoms with E-state index in [0.717, 1.165) is 18.1 Å². The highest BCUT2D eigenvalue weighted by molar-refractivity contribution is 14.0. The number of benzene rings is 2. The van der Waals surface area contributed by atoms with Crippen LogP contribution in [0.2, 0.25) is 0 Å². The Balaban J connectivity index is 0.00000512. The SMILES string of the molecule is CCNC(=O)COc1cccc(CNC(=NC)NCC(C)COCc2ccccc2)c1.I. The molecule has 0 aromatic heterocycles. The van der Waals surface area contributed by atoms with Crippen molar-refractivity contribution in [1.82, 2.24) is 16.0 Å². The number of nitrogens with zero attached hydrogens (tertiary/aromatic N) is 1. The van der Waals surface area contributed by atoms with E-state index in [1.807, 2.05) is 49.4 Å². The van der Waals surface area contributed by atoms with Crippen molar-refractivity contribution in [2.75, 3.05) is 33.4 Å². The van der Waals surface area contributed by atoms with Crippen LogP contribution >= 0.6 is 24.0 Å². The number of amides is 1. The summed E-state index contributed by atoms with van der Waals surface area (Å²) in [7, 11) is 1.75. The van der Waals surface area contributed by atoms with Gasteiger partial charge in [-0.1, -0.05) is 49.4 Å². The van der Waals surface area contributed by atoms with Gasteiger partial charge in [0.2, 0.25) is 0 Å². The predicted octanol–water partition coefficient (Wildman–Crippen LogP) is 3.34. The molecule has 0 aliphatic rings. The summed E-state index contributed by atoms with van der Waals surface area (Å²) >= 11 is 0. The lowest BCUT2D eigenvalue weighted by atomic mass is 10.2. The van der Waals surface area contributed by atoms with Gasteiger partial charge in [0.1, 0.15) is 5.75 Å². The van der Waals surface area contributed by atoms with Crippen LogP contribution in [0.15, 0.2) is 59.6 Å². The normalized spacial score (nSPS) is 11.8. The summed E-state index contributed by atoms with van der Waals surface area (Å²) < 4.78 is 11.3. The summed E-state index contributed by atoms with van der Waals surface area (Å²) in [6, 6.07) is 17.8. The van der Waals surface area contributed by atoms with Crippen LogP contribution in [0.4, 0.5) is 0 Å². The molecule has 0 aliphatic carbocycles. The molecule has 7 nitrogen and oxygen atoms in total. The zero-order chi connectivity index (χ0) is 22.3. The Bertz CT molecular complexity index is 818. The Kier molecular flexibility index (Phi) is 14.1. The van der Waals surface area contributed by atoms with Gasteiger partial charge in [-0.15, -0.1) is 24.0 Å². The molecule has 1 atom stereocenters. The van der Waals surface area contributed by atoms with E-state index >= 15 is 0 Å². The molecule has 0 spiro atoms. The molecule has 1 unspecified atom stereocenters. The molecule has 32 heavy (non-hydrogen) atoms. The van der Waals surface area contributed by atoms with Crippen LogP contribution in [0.1, 0.15) is 25.0 Å². The maximum absolute atomic E-state index is 11.5. The van der Waals surface area contributed by atoms with Crippen molar-refractivity contribution in [3.8, 4) is 5.75 Å². The zero-order valence-electron chi connectivity index (χ0n) is 19.1. The van der Waals surface area contributed by atoms with Gasteiger partial charge in [-0.3, -0.25) is 9.79 Å². The smallest absolute Gasteiger partial charge is 0.257 e. The molecule has 8 heteroatoms. The van der Waals surface area contributed by atoms with Crippen LogP contribution in [-0.2, 0) is 22.7 Å². The van der Waals surface area contributed by atoms with Crippen LogP contribution < -0.4 is 20.7 Å². The molecule has 3 N–H and O–H groups in total. The van der Waals surface area contributed by atoms with E-state index in [9.17, 15) is 4.79 Å². The number of carbonyl (C=O) groups is 1. The number of aliphatic imine (C=N–C) groups is 1. The summed E-state index contributed by atoms with van der Waals surface area (Å²) in [6.07, 6.45) is 0. The van der Waals surface area contributed by atoms with Gasteiger partial charge in [0, 0.05) is 26.7 Å². The number of guanidine groups is 1. The number of likely N-dealkylation sites (N-methyl/N-ethyl adjacent to an activating group) is 1. The zero-order valence-corrected chi connectivity index (χ0v) is 21.4. The van der Waals surface area contributed by atoms with Crippen LogP contribution in [-0.4, -0.2) is 45.2 Å². The summed E-state index contributed by atoms with van der Waals surface area (Å²) in [4.78, 5) is 15.8. The first-order valence-electron chi connectivity index (χ1n) is 10.6. The molecule has 0 saturated carbocycles. The molecular weight excluding hydrogens is 519 g/mol. The van der Waals surface area contributed by atoms with E-state index in [1.54, 1.807) is 7.05 Å². The molecule has 0 bridgehead atoms. The van der Waals surface area contributed by atoms with Gasteiger partial charge in [-0.2, -0.15) is 0 Å². The Hall–Kier alpha value is -2.33. The van der Waals surface area contributed by atoms with E-state index in [2.05, 4.69) is 40.0 Å². The molecule has 0 aliphatic heterocycles. The minimum absolute atomic E-state index is 0. The van der Waals surface area contributed by atoms with Crippen molar-refractivity contribution in [1.29, 1.82) is 0 Å². The van der Waals surface area contributed by atoms with Crippen molar-refractivity contribution < 1.29 is 14.3 Å². The molecule has 0 radical (unpaired) electrons. The Morgan fingerprint density at radius 3 is 2.50 bits per heavy atom. The predicted molar refractivity (Wildman–Crippen MR) is 139 cm³/mol. The molecule has 176 valence electrons. The minimum atomic E-state index is -0.127. The standard InChI is InChI=1S/C24H34N4O3.HI/c1-4-26-23(29)18-31-22-12-8-11-21(13-22)15-28-24(25-3)27-14-19(2)16-30-17-20-9-6-5-7-10-20;/h5-13,19H,4,14-18H2,1-3H3,(H,26,29)(H2,25,27,28);1H. The topological polar surface area (TPSA) is 84.0 Å². The van der Waals surface area contributed by atoms with Crippen molar-refractivity contribution >= 4 is 35.8 Å². The van der Waals surface area contributed by atoms with Gasteiger partial charge < -0.3 is 25.4 Å². The molecule has 2 aromatic carbocycles. The highest BCUT2D eigenvalue weighted by Gasteiger charge is 2.06. The number of nitrogens with one attached hydrogen (secondary N) is 3. The van der Waals surface area contributed by atoms with Crippen molar-refractivity contribution in [3.05, 3.63) is 65.7 Å². The summed E-state index contributed by atoms with van der Waals surface area (Å²) in [5, 5.41) is 9.34. The van der Waals surface area contributed by atoms with Crippen LogP contribution in [0, 0.1) is 5.92 Å². The highest BCUT2D eigenvalue weighted by atomic mass is 127. The fourth-order valence-corrected chi connectivity index (χ4v) is 2.83. The molecule has 0 fully saturated rings. The number of rotatable bonds is 12. The van der Waals surface area contributed by atoms with Crippen molar-refractivity contribution in [2.45, 2.75) is 27.0 Å². The first-order valence-corrected chi connectivity index (χ1v) is 10.6. The van der Waals surface area contributed by atoms with Gasteiger partial charge in [0.15, 0.2) is 12.6 Å². The lowest BCUT2D eigenvalue weighted by Crippen LogP contribution is -2.39. The fraction of sp³-hybridized carbons (Fsp3) is 0.417. The van der Waals surface area contributed by atoms with E-state index in [4.69, 9.17) is 9.47 Å². The lowest BCUT2D eigenvalue weighted by molar-refractivity contribution is -0.122. The van der Waals surface area contributed by atoms with E-state index in [0.29, 0.717) is 38.0 Å². The number of hydrogen-bond donors (Lipinski definition) is 3. The molecule has 0 heterocycles. The van der Waals surface area contributed by atoms with E-state index < -0.39 is 0 Å². The second-order valence-electron chi connectivity index (χ2n) is 7.30. The van der Waals surface area contributed by atoms with Crippen LogP contribution in [0.5, 0.6) is 5.75 Å². The molecule has 2 aromatic rings. The third-order valence-corrected chi connectivity index (χ3v) is 4.46. The summed E-state index contributed by atoms with van der Waals surface area (Å²) in [5.41, 5.74) is 2.22. The van der Waals surface area contributed by atoms with E-state index in [1.165, 1.54) is 5.56 Å². The highest BCUT2D eigenvalue weighted by Crippen LogP contribution is 2.13. The summed E-state index contributed by atoms with van der Waals surface area (Å²) in [5.74, 6) is 1.60. The van der Waals surface area contributed by atoms with Crippen LogP contribution in [0.25, 0.3) is 0 Å². The first kappa shape index (κ1) is 27.7. The average molecular weight is 554 g/mol. The summed E-state index contributed by atoms with van der Waals surface area (Å²) in [6.45, 7) is 7.26. The van der Waals surface area contributed by atoms with Gasteiger partial charge in [-0.25, -0.2) is 0 Å². The number of hydrogen-bond acceptors (Lipinski definition) is 4. The number of carbonyl (C=O) groups excluding carboxylic acids is 1. The quantitative estimate of drug-likeness (QED) is 0.213. The second-order valence-corrected chi connectivity index (χ2v) is 7.30. The van der Waals surface area contributed by atoms with Gasteiger partial charge in [0.05, 0.1) is 13.2 Å². The Morgan fingerprint density at radius 2 is 1.78 bits per heavy atom. The molecule has 2 rings (SSSR count). The van der Waals surface area contributed by atoms with Gasteiger partial charge >= 0.3 is 0 Å². The molecule has 0 saturated heterocycles. The van der Waals surface area contributed by atoms with E-state index in [-0.39, 0.29) is 36.5 Å². The Labute approximate surface area is 208 Å². The van der Waals surface area contributed by atoms with Gasteiger partial charge in [-0.05, 0) is 36.1 Å². The molecule has 1 amide bonds. The fourth-order valence-electron chi connectivity index (χ4n) is 2.83. The monoisotopic (exact) mass is 554 g/mol. The van der Waals surface area contributed by atoms with Crippen molar-refractivity contribution in [2.24, 2.45) is 10.9 Å². The van der Waals surface area contributed by atoms with Gasteiger partial charge in [0.25, 0.3) is 5.91 Å². The number of ether oxygens (including phenoxy) is 2. The Morgan fingerprint density at radius 1 is 1.03 bits per heavy atom. The van der Waals surface area contributed by atoms with Crippen molar-refractivity contribution in [3.63, 3.8) is 0 Å². The minimum Gasteiger partial charge on any atom is -0.484 e.